The summed E-state index contributed by atoms with van der Waals surface area (Å²) >= 11 is 0. The molecule has 0 aromatic rings. The van der Waals surface area contributed by atoms with Gasteiger partial charge in [-0.2, -0.15) is 0 Å². The van der Waals surface area contributed by atoms with E-state index in [4.69, 9.17) is 4.74 Å². The lowest BCUT2D eigenvalue weighted by atomic mass is 9.81. The average molecular weight is 227 g/mol. The van der Waals surface area contributed by atoms with E-state index in [2.05, 4.69) is 12.2 Å². The van der Waals surface area contributed by atoms with Crippen LogP contribution in [0.25, 0.3) is 0 Å². The number of hydrogen-bond donors (Lipinski definition) is 1. The van der Waals surface area contributed by atoms with Crippen molar-refractivity contribution in [1.29, 1.82) is 0 Å². The molecule has 16 heavy (non-hydrogen) atoms. The van der Waals surface area contributed by atoms with E-state index in [1.807, 2.05) is 13.8 Å². The molecule has 3 heteroatoms. The molecule has 0 radical (unpaired) electrons. The van der Waals surface area contributed by atoms with E-state index in [1.54, 1.807) is 0 Å². The number of carbonyl (C=O) groups is 1. The van der Waals surface area contributed by atoms with E-state index < -0.39 is 0 Å². The van der Waals surface area contributed by atoms with Crippen molar-refractivity contribution in [1.82, 2.24) is 5.32 Å². The Labute approximate surface area is 98.9 Å². The molecular formula is C13H25NO2. The van der Waals surface area contributed by atoms with E-state index >= 15 is 0 Å². The molecule has 2 atom stereocenters. The summed E-state index contributed by atoms with van der Waals surface area (Å²) in [5.41, 5.74) is 0. The molecule has 1 aliphatic carbocycles. The molecule has 1 N–H and O–H groups in total. The first-order valence-electron chi connectivity index (χ1n) is 6.38. The monoisotopic (exact) mass is 227 g/mol. The lowest BCUT2D eigenvalue weighted by Gasteiger charge is -2.31. The highest BCUT2D eigenvalue weighted by Gasteiger charge is 2.26. The zero-order valence-corrected chi connectivity index (χ0v) is 11.0. The van der Waals surface area contributed by atoms with Gasteiger partial charge in [0.1, 0.15) is 6.04 Å². The van der Waals surface area contributed by atoms with Gasteiger partial charge in [0.25, 0.3) is 0 Å². The largest absolute Gasteiger partial charge is 0.468 e. The van der Waals surface area contributed by atoms with Crippen LogP contribution in [-0.2, 0) is 9.53 Å². The topological polar surface area (TPSA) is 38.3 Å². The second-order valence-electron chi connectivity index (χ2n) is 5.35. The maximum absolute atomic E-state index is 11.6. The molecule has 0 aromatic heterocycles. The fourth-order valence-electron chi connectivity index (χ4n) is 2.26. The quantitative estimate of drug-likeness (QED) is 0.708. The van der Waals surface area contributed by atoms with Crippen LogP contribution in [0.2, 0.25) is 0 Å². The van der Waals surface area contributed by atoms with Crippen LogP contribution in [0.1, 0.15) is 46.5 Å². The van der Waals surface area contributed by atoms with Gasteiger partial charge in [0.05, 0.1) is 7.11 Å². The van der Waals surface area contributed by atoms with Crippen molar-refractivity contribution in [2.75, 3.05) is 7.11 Å². The Morgan fingerprint density at radius 2 is 2.00 bits per heavy atom. The third-order valence-corrected chi connectivity index (χ3v) is 3.50. The molecule has 0 spiro atoms. The number of methoxy groups -OCH3 is 1. The van der Waals surface area contributed by atoms with Crippen LogP contribution in [0.15, 0.2) is 0 Å². The molecule has 3 nitrogen and oxygen atoms in total. The highest BCUT2D eigenvalue weighted by atomic mass is 16.5. The predicted molar refractivity (Wildman–Crippen MR) is 65.2 cm³/mol. The minimum absolute atomic E-state index is 0.143. The lowest BCUT2D eigenvalue weighted by Crippen LogP contribution is -2.46. The van der Waals surface area contributed by atoms with Crippen LogP contribution in [0.5, 0.6) is 0 Å². The van der Waals surface area contributed by atoms with E-state index in [0.717, 1.165) is 5.92 Å². The summed E-state index contributed by atoms with van der Waals surface area (Å²) in [5.74, 6) is 1.000. The summed E-state index contributed by atoms with van der Waals surface area (Å²) in [5, 5.41) is 3.39. The van der Waals surface area contributed by atoms with Crippen LogP contribution < -0.4 is 5.32 Å². The molecule has 1 aliphatic rings. The van der Waals surface area contributed by atoms with Crippen molar-refractivity contribution in [3.8, 4) is 0 Å². The minimum atomic E-state index is -0.167. The zero-order valence-electron chi connectivity index (χ0n) is 11.0. The normalized spacial score (nSPS) is 20.3. The van der Waals surface area contributed by atoms with Gasteiger partial charge < -0.3 is 10.1 Å². The van der Waals surface area contributed by atoms with Gasteiger partial charge in [0, 0.05) is 6.04 Å². The van der Waals surface area contributed by atoms with Crippen LogP contribution in [0, 0.1) is 11.8 Å². The van der Waals surface area contributed by atoms with Gasteiger partial charge in [-0.1, -0.05) is 33.1 Å². The fraction of sp³-hybridized carbons (Fsp3) is 0.923. The maximum Gasteiger partial charge on any atom is 0.323 e. The summed E-state index contributed by atoms with van der Waals surface area (Å²) in [6, 6.07) is 0.233. The van der Waals surface area contributed by atoms with Crippen molar-refractivity contribution in [3.63, 3.8) is 0 Å². The molecule has 0 heterocycles. The summed E-state index contributed by atoms with van der Waals surface area (Å²) in [6.07, 6.45) is 5.27. The Bertz CT molecular complexity index is 224. The van der Waals surface area contributed by atoms with Crippen LogP contribution in [0.3, 0.4) is 0 Å². The molecule has 1 saturated carbocycles. The third-order valence-electron chi connectivity index (χ3n) is 3.50. The van der Waals surface area contributed by atoms with Crippen LogP contribution in [-0.4, -0.2) is 25.2 Å². The van der Waals surface area contributed by atoms with Crippen LogP contribution in [0.4, 0.5) is 0 Å². The van der Waals surface area contributed by atoms with Crippen molar-refractivity contribution in [2.24, 2.45) is 11.8 Å². The smallest absolute Gasteiger partial charge is 0.323 e. The summed E-state index contributed by atoms with van der Waals surface area (Å²) < 4.78 is 4.82. The Kier molecular flexibility index (Phi) is 5.26. The SMILES string of the molecule is COC(=O)[C@@H](NC(C)CC1CCC1)C(C)C. The van der Waals surface area contributed by atoms with E-state index in [-0.39, 0.29) is 17.9 Å². The molecule has 0 aromatic carbocycles. The zero-order chi connectivity index (χ0) is 12.1. The molecule has 1 fully saturated rings. The van der Waals surface area contributed by atoms with E-state index in [1.165, 1.54) is 32.8 Å². The van der Waals surface area contributed by atoms with Gasteiger partial charge in [0.15, 0.2) is 0 Å². The number of ether oxygens (including phenoxy) is 1. The van der Waals surface area contributed by atoms with Crippen molar-refractivity contribution in [3.05, 3.63) is 0 Å². The van der Waals surface area contributed by atoms with Gasteiger partial charge in [-0.15, -0.1) is 0 Å². The van der Waals surface area contributed by atoms with Crippen LogP contribution >= 0.6 is 0 Å². The van der Waals surface area contributed by atoms with Gasteiger partial charge in [-0.05, 0) is 25.2 Å². The molecule has 0 amide bonds. The highest BCUT2D eigenvalue weighted by Crippen LogP contribution is 2.30. The Morgan fingerprint density at radius 3 is 2.38 bits per heavy atom. The van der Waals surface area contributed by atoms with Gasteiger partial charge in [-0.25, -0.2) is 0 Å². The van der Waals surface area contributed by atoms with E-state index in [9.17, 15) is 4.79 Å². The first kappa shape index (κ1) is 13.5. The molecular weight excluding hydrogens is 202 g/mol. The average Bonchev–Trinajstić information content (AvgIpc) is 2.18. The molecule has 0 aliphatic heterocycles. The van der Waals surface area contributed by atoms with E-state index in [0.29, 0.717) is 6.04 Å². The Hall–Kier alpha value is -0.570. The standard InChI is InChI=1S/C13H25NO2/c1-9(2)12(13(15)16-4)14-10(3)8-11-6-5-7-11/h9-12,14H,5-8H2,1-4H3/t10?,12-/m0/s1. The number of carbonyl (C=O) groups excluding carboxylic acids is 1. The first-order chi connectivity index (χ1) is 7.54. The number of hydrogen-bond acceptors (Lipinski definition) is 3. The summed E-state index contributed by atoms with van der Waals surface area (Å²) in [7, 11) is 1.45. The molecule has 0 bridgehead atoms. The fourth-order valence-corrected chi connectivity index (χ4v) is 2.26. The molecule has 0 saturated heterocycles. The number of rotatable bonds is 6. The second-order valence-corrected chi connectivity index (χ2v) is 5.35. The van der Waals surface area contributed by atoms with Crippen molar-refractivity contribution < 1.29 is 9.53 Å². The van der Waals surface area contributed by atoms with Gasteiger partial charge in [0.2, 0.25) is 0 Å². The minimum Gasteiger partial charge on any atom is -0.468 e. The summed E-state index contributed by atoms with van der Waals surface area (Å²) in [6.45, 7) is 6.26. The Balaban J connectivity index is 2.37. The second kappa shape index (κ2) is 6.24. The lowest BCUT2D eigenvalue weighted by molar-refractivity contribution is -0.144. The molecule has 1 rings (SSSR count). The summed E-state index contributed by atoms with van der Waals surface area (Å²) in [4.78, 5) is 11.6. The molecule has 94 valence electrons. The molecule has 1 unspecified atom stereocenters. The van der Waals surface area contributed by atoms with Gasteiger partial charge >= 0.3 is 5.97 Å². The number of nitrogens with one attached hydrogen (secondary N) is 1. The highest BCUT2D eigenvalue weighted by molar-refractivity contribution is 5.75. The first-order valence-corrected chi connectivity index (χ1v) is 6.38. The maximum atomic E-state index is 11.6. The Morgan fingerprint density at radius 1 is 1.38 bits per heavy atom. The van der Waals surface area contributed by atoms with Crippen molar-refractivity contribution >= 4 is 5.97 Å². The van der Waals surface area contributed by atoms with Gasteiger partial charge in [-0.3, -0.25) is 4.79 Å². The predicted octanol–water partition coefficient (Wildman–Crippen LogP) is 2.35. The third kappa shape index (κ3) is 3.78. The van der Waals surface area contributed by atoms with Crippen molar-refractivity contribution in [2.45, 2.75) is 58.5 Å². The number of esters is 1.